The third-order valence-electron chi connectivity index (χ3n) is 1.97. The largest absolute Gasteiger partial charge is 0.955 e. The lowest BCUT2D eigenvalue weighted by Crippen LogP contribution is -2.59. The second kappa shape index (κ2) is 6.59. The summed E-state index contributed by atoms with van der Waals surface area (Å²) in [6.07, 6.45) is 0.703. The maximum absolute atomic E-state index is 10.4. The number of nitro groups is 4. The van der Waals surface area contributed by atoms with Crippen LogP contribution in [0.1, 0.15) is 12.8 Å². The molecule has 2 amide bonds. The van der Waals surface area contributed by atoms with Crippen molar-refractivity contribution in [1.82, 2.24) is 3.93 Å². The number of hydrogen-bond acceptors (Lipinski definition) is 10. The van der Waals surface area contributed by atoms with Crippen molar-refractivity contribution in [3.63, 3.8) is 0 Å². The summed E-state index contributed by atoms with van der Waals surface area (Å²) in [6, 6.07) is 0. The molecule has 1 rings (SSSR count). The number of carbonyl (C=O) groups is 2. The molecule has 0 atom stereocenters. The molecule has 0 unspecified atom stereocenters. The van der Waals surface area contributed by atoms with Gasteiger partial charge in [-0.3, -0.25) is 9.59 Å². The van der Waals surface area contributed by atoms with Crippen LogP contribution in [0.4, 0.5) is 0 Å². The van der Waals surface area contributed by atoms with Crippen molar-refractivity contribution in [2.24, 2.45) is 0 Å². The van der Waals surface area contributed by atoms with Crippen molar-refractivity contribution in [2.45, 2.75) is 18.8 Å². The molecule has 0 N–H and O–H groups in total. The Bertz CT molecular complexity index is 454. The van der Waals surface area contributed by atoms with Gasteiger partial charge in [-0.05, 0) is 0 Å². The zero-order valence-electron chi connectivity index (χ0n) is 9.61. The van der Waals surface area contributed by atoms with Gasteiger partial charge in [-0.15, -0.1) is 0 Å². The Labute approximate surface area is 121 Å². The lowest BCUT2D eigenvalue weighted by molar-refractivity contribution is -1.11. The summed E-state index contributed by atoms with van der Waals surface area (Å²) in [5.41, 5.74) is 0. The minimum Gasteiger partial charge on any atom is -0.274 e. The Kier molecular flexibility index (Phi) is 5.72. The molecular weight excluding hydrogens is 370 g/mol. The fourth-order valence-electron chi connectivity index (χ4n) is 0.949. The Morgan fingerprint density at radius 3 is 1.10 bits per heavy atom. The van der Waals surface area contributed by atoms with E-state index in [0.717, 1.165) is 3.93 Å². The molecule has 1 saturated heterocycles. The van der Waals surface area contributed by atoms with E-state index in [0.29, 0.717) is 12.8 Å². The van der Waals surface area contributed by atoms with E-state index in [-0.39, 0.29) is 11.8 Å². The number of hydrogen-bond donors (Lipinski definition) is 0. The quantitative estimate of drug-likeness (QED) is 0.195. The summed E-state index contributed by atoms with van der Waals surface area (Å²) in [4.78, 5) is 51.4. The fraction of sp³-hybridized carbons (Fsp3) is 0.600. The van der Waals surface area contributed by atoms with Crippen LogP contribution in [0.2, 0.25) is 0 Å². The first-order valence-corrected chi connectivity index (χ1v) is 5.30. The van der Waals surface area contributed by atoms with Crippen molar-refractivity contribution in [2.75, 3.05) is 0 Å². The van der Waals surface area contributed by atoms with E-state index in [9.17, 15) is 50.0 Å². The van der Waals surface area contributed by atoms with Crippen molar-refractivity contribution in [1.29, 1.82) is 0 Å². The number of imide groups is 1. The number of rotatable bonds is 4. The molecule has 1 aliphatic rings. The van der Waals surface area contributed by atoms with E-state index in [1.165, 1.54) is 0 Å². The zero-order valence-corrected chi connectivity index (χ0v) is 11.2. The van der Waals surface area contributed by atoms with E-state index in [2.05, 4.69) is 16.1 Å². The highest BCUT2D eigenvalue weighted by atomic mass is 79.9. The SMILES string of the molecule is O=C1CCC(=O)N1Br.O=[N+]([O-])C([N+](=O)[O-])([N+](=O)[O-])[N+](=O)[O-]. The normalized spacial score (nSPS) is 14.2. The topological polar surface area (TPSA) is 210 Å². The average molecular weight is 374 g/mol. The summed E-state index contributed by atoms with van der Waals surface area (Å²) in [5.74, 6) is -4.90. The van der Waals surface area contributed by atoms with Gasteiger partial charge in [-0.2, -0.15) is 0 Å². The lowest BCUT2D eigenvalue weighted by atomic mass is 10.4. The first kappa shape index (κ1) is 18.2. The third-order valence-corrected chi connectivity index (χ3v) is 2.76. The second-order valence-corrected chi connectivity index (χ2v) is 3.91. The molecule has 16 heteroatoms. The fourth-order valence-corrected chi connectivity index (χ4v) is 1.30. The van der Waals surface area contributed by atoms with E-state index in [1.807, 2.05) is 0 Å². The Morgan fingerprint density at radius 1 is 0.810 bits per heavy atom. The molecule has 0 aromatic heterocycles. The van der Waals surface area contributed by atoms with Gasteiger partial charge in [0.2, 0.25) is 11.8 Å². The molecule has 116 valence electrons. The van der Waals surface area contributed by atoms with Crippen LogP contribution >= 0.6 is 16.1 Å². The van der Waals surface area contributed by atoms with Crippen LogP contribution in [0, 0.1) is 40.5 Å². The van der Waals surface area contributed by atoms with Crippen molar-refractivity contribution in [3.8, 4) is 0 Å². The minimum absolute atomic E-state index is 0.144. The molecular formula is C5H4BrN5O10. The van der Waals surface area contributed by atoms with E-state index >= 15 is 0 Å². The van der Waals surface area contributed by atoms with Crippen LogP contribution in [0.15, 0.2) is 0 Å². The molecule has 21 heavy (non-hydrogen) atoms. The number of halogens is 1. The maximum atomic E-state index is 10.4. The van der Waals surface area contributed by atoms with Crippen LogP contribution in [-0.2, 0) is 9.59 Å². The molecule has 0 aromatic carbocycles. The Morgan fingerprint density at radius 2 is 1.05 bits per heavy atom. The highest BCUT2D eigenvalue weighted by Gasteiger charge is 2.85. The molecule has 15 nitrogen and oxygen atoms in total. The molecule has 1 aliphatic heterocycles. The highest BCUT2D eigenvalue weighted by molar-refractivity contribution is 9.08. The monoisotopic (exact) mass is 373 g/mol. The standard InChI is InChI=1S/C4H4BrNO2.CN4O8/c5-6-3(7)1-2-4(6)8;6-2(7)1(3(8)9,4(10)11)5(12)13/h1-2H2;. The minimum atomic E-state index is -4.61. The van der Waals surface area contributed by atoms with Gasteiger partial charge < -0.3 is 0 Å². The number of amides is 2. The number of carbonyl (C=O) groups excluding carboxylic acids is 2. The second-order valence-electron chi connectivity index (χ2n) is 3.20. The van der Waals surface area contributed by atoms with Crippen LogP contribution < -0.4 is 0 Å². The van der Waals surface area contributed by atoms with Crippen LogP contribution in [0.5, 0.6) is 0 Å². The van der Waals surface area contributed by atoms with E-state index in [1.54, 1.807) is 0 Å². The van der Waals surface area contributed by atoms with Gasteiger partial charge in [0.25, 0.3) is 19.7 Å². The van der Waals surface area contributed by atoms with Crippen LogP contribution in [-0.4, -0.2) is 41.3 Å². The molecule has 0 aromatic rings. The van der Waals surface area contributed by atoms with Gasteiger partial charge in [0.1, 0.15) is 0 Å². The molecule has 0 spiro atoms. The first-order chi connectivity index (χ1) is 9.49. The van der Waals surface area contributed by atoms with Crippen molar-refractivity contribution < 1.29 is 29.3 Å². The van der Waals surface area contributed by atoms with Crippen LogP contribution in [0.25, 0.3) is 0 Å². The maximum Gasteiger partial charge on any atom is 0.955 e. The molecule has 0 aliphatic carbocycles. The Balaban J connectivity index is 0.000000423. The van der Waals surface area contributed by atoms with Gasteiger partial charge in [0.15, 0.2) is 0 Å². The summed E-state index contributed by atoms with van der Waals surface area (Å²) in [6.45, 7) is 0. The van der Waals surface area contributed by atoms with Gasteiger partial charge >= 0.3 is 5.91 Å². The molecule has 1 heterocycles. The van der Waals surface area contributed by atoms with E-state index in [4.69, 9.17) is 0 Å². The van der Waals surface area contributed by atoms with Gasteiger partial charge in [0.05, 0.1) is 16.1 Å². The summed E-state index contributed by atoms with van der Waals surface area (Å²) in [7, 11) is 0. The summed E-state index contributed by atoms with van der Waals surface area (Å²) >= 11 is 2.80. The predicted molar refractivity (Wildman–Crippen MR) is 60.7 cm³/mol. The smallest absolute Gasteiger partial charge is 0.274 e. The average Bonchev–Trinajstić information content (AvgIpc) is 2.60. The van der Waals surface area contributed by atoms with Crippen LogP contribution in [0.3, 0.4) is 0 Å². The van der Waals surface area contributed by atoms with Crippen molar-refractivity contribution >= 4 is 28.0 Å². The number of nitrogens with zero attached hydrogens (tertiary/aromatic N) is 5. The lowest BCUT2D eigenvalue weighted by Gasteiger charge is -1.98. The molecule has 0 radical (unpaired) electrons. The van der Waals surface area contributed by atoms with Gasteiger partial charge in [-0.25, -0.2) is 44.4 Å². The summed E-state index contributed by atoms with van der Waals surface area (Å²) < 4.78 is 0.979. The Hall–Kier alpha value is -2.78. The van der Waals surface area contributed by atoms with E-state index < -0.39 is 25.6 Å². The first-order valence-electron chi connectivity index (χ1n) is 4.59. The molecule has 1 fully saturated rings. The zero-order chi connectivity index (χ0) is 17.0. The predicted octanol–water partition coefficient (Wildman–Crippen LogP) is -0.850. The van der Waals surface area contributed by atoms with Gasteiger partial charge in [-0.1, -0.05) is 0 Å². The third kappa shape index (κ3) is 3.41. The summed E-state index contributed by atoms with van der Waals surface area (Å²) in [5, 5.41) is 39.3. The van der Waals surface area contributed by atoms with Crippen molar-refractivity contribution in [3.05, 3.63) is 40.5 Å². The molecule has 0 saturated carbocycles. The van der Waals surface area contributed by atoms with Gasteiger partial charge in [0, 0.05) is 12.8 Å². The molecule has 0 bridgehead atoms. The highest BCUT2D eigenvalue weighted by Crippen LogP contribution is 2.14.